The highest BCUT2D eigenvalue weighted by Gasteiger charge is 2.49. The molecule has 0 spiro atoms. The summed E-state index contributed by atoms with van der Waals surface area (Å²) in [6.45, 7) is 3.09. The number of fused-ring (bicyclic) bond motifs is 1. The Kier molecular flexibility index (Phi) is 6.21. The third-order valence-corrected chi connectivity index (χ3v) is 7.59. The van der Waals surface area contributed by atoms with E-state index in [0.717, 1.165) is 17.5 Å². The molecule has 0 saturated carbocycles. The van der Waals surface area contributed by atoms with Crippen molar-refractivity contribution >= 4 is 21.9 Å². The van der Waals surface area contributed by atoms with E-state index in [1.165, 1.54) is 6.20 Å². The number of aromatic nitrogens is 1. The van der Waals surface area contributed by atoms with Crippen LogP contribution in [0.5, 0.6) is 5.75 Å². The summed E-state index contributed by atoms with van der Waals surface area (Å²) >= 11 is 0. The minimum absolute atomic E-state index is 0.0665. The van der Waals surface area contributed by atoms with Gasteiger partial charge in [0.05, 0.1) is 5.75 Å². The largest absolute Gasteiger partial charge is 0.382 e. The molecule has 2 N–H and O–H groups in total. The summed E-state index contributed by atoms with van der Waals surface area (Å²) in [6.07, 6.45) is 2.71. The Morgan fingerprint density at radius 2 is 1.92 bits per heavy atom. The van der Waals surface area contributed by atoms with Crippen LogP contribution in [0.3, 0.4) is 0 Å². The standard InChI is InChI=1S/C26H26FN5O3S/c1-2-16-36(33,34)35-21-11-9-19(10-12-21)26(24-30-14-5-15-32(24)25(28)31-26)20-7-3-6-18(17-20)22-8-4-13-29-23(22)27/h3-4,6-13,17H,2,5,14-16H2,1H3,(H2,28,31). The van der Waals surface area contributed by atoms with Crippen LogP contribution in [0, 0.1) is 5.95 Å². The Balaban J connectivity index is 1.64. The molecular weight excluding hydrogens is 481 g/mol. The van der Waals surface area contributed by atoms with Crippen molar-refractivity contribution in [2.45, 2.75) is 25.3 Å². The number of hydrogen-bond donors (Lipinski definition) is 1. The Morgan fingerprint density at radius 1 is 1.11 bits per heavy atom. The lowest BCUT2D eigenvalue weighted by Crippen LogP contribution is -2.46. The van der Waals surface area contributed by atoms with Gasteiger partial charge in [0, 0.05) is 24.8 Å². The SMILES string of the molecule is CCCS(=O)(=O)Oc1ccc(C2(c3cccc(-c4cccnc4F)c3)N=C(N)N3CCCN=C32)cc1. The highest BCUT2D eigenvalue weighted by atomic mass is 32.2. The molecule has 1 unspecified atom stereocenters. The second-order valence-electron chi connectivity index (χ2n) is 8.68. The van der Waals surface area contributed by atoms with Crippen LogP contribution in [-0.4, -0.2) is 48.9 Å². The summed E-state index contributed by atoms with van der Waals surface area (Å²) in [6, 6.07) is 17.5. The first-order valence-electron chi connectivity index (χ1n) is 11.8. The van der Waals surface area contributed by atoms with Gasteiger partial charge in [0.25, 0.3) is 0 Å². The van der Waals surface area contributed by atoms with E-state index in [4.69, 9.17) is 19.9 Å². The topological polar surface area (TPSA) is 110 Å². The maximum Gasteiger partial charge on any atom is 0.309 e. The molecule has 0 aliphatic carbocycles. The van der Waals surface area contributed by atoms with Crippen LogP contribution in [0.15, 0.2) is 76.8 Å². The van der Waals surface area contributed by atoms with Gasteiger partial charge in [-0.25, -0.2) is 9.98 Å². The van der Waals surface area contributed by atoms with E-state index < -0.39 is 21.6 Å². The molecule has 10 heteroatoms. The lowest BCUT2D eigenvalue weighted by Gasteiger charge is -2.33. The minimum Gasteiger partial charge on any atom is -0.382 e. The fraction of sp³-hybridized carbons (Fsp3) is 0.269. The second kappa shape index (κ2) is 9.34. The van der Waals surface area contributed by atoms with Crippen molar-refractivity contribution in [2.24, 2.45) is 15.7 Å². The summed E-state index contributed by atoms with van der Waals surface area (Å²) in [4.78, 5) is 15.4. The van der Waals surface area contributed by atoms with Crippen molar-refractivity contribution in [1.29, 1.82) is 0 Å². The highest BCUT2D eigenvalue weighted by molar-refractivity contribution is 7.87. The number of pyridine rings is 1. The molecule has 3 heterocycles. The minimum atomic E-state index is -3.67. The number of rotatable bonds is 7. The van der Waals surface area contributed by atoms with E-state index in [9.17, 15) is 12.8 Å². The Morgan fingerprint density at radius 3 is 2.67 bits per heavy atom. The molecule has 8 nitrogen and oxygen atoms in total. The van der Waals surface area contributed by atoms with Crippen molar-refractivity contribution in [3.63, 3.8) is 0 Å². The van der Waals surface area contributed by atoms with Crippen molar-refractivity contribution < 1.29 is 17.0 Å². The van der Waals surface area contributed by atoms with E-state index in [1.54, 1.807) is 43.3 Å². The predicted octanol–water partition coefficient (Wildman–Crippen LogP) is 3.68. The van der Waals surface area contributed by atoms with Crippen LogP contribution in [0.4, 0.5) is 4.39 Å². The molecule has 0 fully saturated rings. The van der Waals surface area contributed by atoms with E-state index in [2.05, 4.69) is 4.98 Å². The molecule has 2 aliphatic rings. The van der Waals surface area contributed by atoms with Gasteiger partial charge >= 0.3 is 10.1 Å². The second-order valence-corrected chi connectivity index (χ2v) is 10.4. The first-order chi connectivity index (χ1) is 17.3. The molecule has 186 valence electrons. The van der Waals surface area contributed by atoms with Gasteiger partial charge in [-0.05, 0) is 59.9 Å². The quantitative estimate of drug-likeness (QED) is 0.386. The molecule has 36 heavy (non-hydrogen) atoms. The van der Waals surface area contributed by atoms with Gasteiger partial charge in [0.1, 0.15) is 11.6 Å². The van der Waals surface area contributed by atoms with Gasteiger partial charge in [0.15, 0.2) is 11.5 Å². The number of halogens is 1. The Labute approximate surface area is 209 Å². The number of aliphatic imine (C=N–C) groups is 2. The summed E-state index contributed by atoms with van der Waals surface area (Å²) in [5.41, 5.74) is 7.80. The highest BCUT2D eigenvalue weighted by Crippen LogP contribution is 2.43. The zero-order valence-electron chi connectivity index (χ0n) is 19.8. The monoisotopic (exact) mass is 507 g/mol. The van der Waals surface area contributed by atoms with Gasteiger partial charge in [-0.2, -0.15) is 12.8 Å². The average Bonchev–Trinajstić information content (AvgIpc) is 3.18. The molecule has 5 rings (SSSR count). The number of guanidine groups is 1. The van der Waals surface area contributed by atoms with Crippen LogP contribution in [0.1, 0.15) is 30.9 Å². The number of benzene rings is 2. The first-order valence-corrected chi connectivity index (χ1v) is 13.3. The molecule has 0 amide bonds. The van der Waals surface area contributed by atoms with Crippen LogP contribution in [0.2, 0.25) is 0 Å². The average molecular weight is 508 g/mol. The molecule has 2 aromatic carbocycles. The third kappa shape index (κ3) is 4.21. The lowest BCUT2D eigenvalue weighted by molar-refractivity contribution is 0.484. The van der Waals surface area contributed by atoms with Crippen LogP contribution < -0.4 is 9.92 Å². The van der Waals surface area contributed by atoms with E-state index in [-0.39, 0.29) is 11.5 Å². The predicted molar refractivity (Wildman–Crippen MR) is 137 cm³/mol. The number of amidine groups is 1. The molecule has 2 aliphatic heterocycles. The Bertz CT molecular complexity index is 1460. The summed E-state index contributed by atoms with van der Waals surface area (Å²) in [7, 11) is -3.67. The zero-order chi connectivity index (χ0) is 25.3. The van der Waals surface area contributed by atoms with Gasteiger partial charge in [-0.1, -0.05) is 37.3 Å². The normalized spacial score (nSPS) is 19.4. The zero-order valence-corrected chi connectivity index (χ0v) is 20.6. The fourth-order valence-electron chi connectivity index (χ4n) is 4.68. The number of nitrogens with zero attached hydrogens (tertiary/aromatic N) is 4. The van der Waals surface area contributed by atoms with Gasteiger partial charge in [0.2, 0.25) is 5.95 Å². The summed E-state index contributed by atoms with van der Waals surface area (Å²) in [5.74, 6) is 0.610. The molecule has 0 saturated heterocycles. The van der Waals surface area contributed by atoms with E-state index in [0.29, 0.717) is 42.4 Å². The first kappa shape index (κ1) is 23.9. The smallest absolute Gasteiger partial charge is 0.309 e. The van der Waals surface area contributed by atoms with Crippen LogP contribution in [0.25, 0.3) is 11.1 Å². The molecule has 1 aromatic heterocycles. The van der Waals surface area contributed by atoms with Crippen molar-refractivity contribution in [2.75, 3.05) is 18.8 Å². The third-order valence-electron chi connectivity index (χ3n) is 6.24. The molecule has 1 atom stereocenters. The molecule has 0 radical (unpaired) electrons. The van der Waals surface area contributed by atoms with Crippen molar-refractivity contribution in [3.8, 4) is 16.9 Å². The summed E-state index contributed by atoms with van der Waals surface area (Å²) in [5, 5.41) is 0. The van der Waals surface area contributed by atoms with Crippen molar-refractivity contribution in [3.05, 3.63) is 83.9 Å². The van der Waals surface area contributed by atoms with Gasteiger partial charge < -0.3 is 9.92 Å². The van der Waals surface area contributed by atoms with E-state index >= 15 is 0 Å². The number of nitrogens with two attached hydrogens (primary N) is 1. The van der Waals surface area contributed by atoms with E-state index in [1.807, 2.05) is 29.2 Å². The maximum absolute atomic E-state index is 14.5. The molecule has 0 bridgehead atoms. The Hall–Kier alpha value is -3.79. The summed E-state index contributed by atoms with van der Waals surface area (Å²) < 4.78 is 44.0. The molecule has 3 aromatic rings. The lowest BCUT2D eigenvalue weighted by atomic mass is 9.81. The maximum atomic E-state index is 14.5. The van der Waals surface area contributed by atoms with Gasteiger partial charge in [-0.3, -0.25) is 9.89 Å². The van der Waals surface area contributed by atoms with Crippen LogP contribution >= 0.6 is 0 Å². The van der Waals surface area contributed by atoms with Crippen molar-refractivity contribution in [1.82, 2.24) is 9.88 Å². The number of hydrogen-bond acceptors (Lipinski definition) is 8. The fourth-order valence-corrected chi connectivity index (χ4v) is 5.66. The van der Waals surface area contributed by atoms with Gasteiger partial charge in [-0.15, -0.1) is 0 Å². The van der Waals surface area contributed by atoms with Crippen LogP contribution in [-0.2, 0) is 15.7 Å². The molecular formula is C26H26FN5O3S.